The van der Waals surface area contributed by atoms with Crippen LogP contribution in [0, 0.1) is 5.92 Å². The summed E-state index contributed by atoms with van der Waals surface area (Å²) in [6.07, 6.45) is 7.24. The Morgan fingerprint density at radius 1 is 1.40 bits per heavy atom. The molecule has 0 aliphatic heterocycles. The van der Waals surface area contributed by atoms with E-state index in [2.05, 4.69) is 35.3 Å². The second-order valence-corrected chi connectivity index (χ2v) is 6.44. The van der Waals surface area contributed by atoms with E-state index in [0.29, 0.717) is 0 Å². The van der Waals surface area contributed by atoms with Gasteiger partial charge in [0.05, 0.1) is 17.4 Å². The van der Waals surface area contributed by atoms with Crippen LogP contribution in [0.1, 0.15) is 32.3 Å². The molecule has 6 heteroatoms. The number of aromatic nitrogens is 2. The van der Waals surface area contributed by atoms with Crippen LogP contribution in [0.15, 0.2) is 30.6 Å². The van der Waals surface area contributed by atoms with Gasteiger partial charge in [-0.15, -0.1) is 0 Å². The van der Waals surface area contributed by atoms with Crippen LogP contribution in [0.2, 0.25) is 0 Å². The molecule has 1 aromatic heterocycles. The Morgan fingerprint density at radius 3 is 2.84 bits per heavy atom. The van der Waals surface area contributed by atoms with Crippen molar-refractivity contribution in [2.24, 2.45) is 5.92 Å². The molecule has 0 unspecified atom stereocenters. The molecule has 0 spiro atoms. The molecule has 25 heavy (non-hydrogen) atoms. The van der Waals surface area contributed by atoms with Crippen molar-refractivity contribution in [1.29, 1.82) is 0 Å². The van der Waals surface area contributed by atoms with Gasteiger partial charge in [0, 0.05) is 25.7 Å². The molecule has 0 saturated heterocycles. The van der Waals surface area contributed by atoms with Crippen molar-refractivity contribution < 1.29 is 10.0 Å². The van der Waals surface area contributed by atoms with Gasteiger partial charge in [-0.1, -0.05) is 32.8 Å². The van der Waals surface area contributed by atoms with E-state index < -0.39 is 5.91 Å². The van der Waals surface area contributed by atoms with Crippen LogP contribution < -0.4 is 5.48 Å². The Morgan fingerprint density at radius 2 is 2.16 bits per heavy atom. The first-order valence-electron chi connectivity index (χ1n) is 8.82. The summed E-state index contributed by atoms with van der Waals surface area (Å²) < 4.78 is 2.16. The van der Waals surface area contributed by atoms with Gasteiger partial charge in [0.2, 0.25) is 0 Å². The normalized spacial score (nSPS) is 11.9. The number of nitrogens with one attached hydrogen (secondary N) is 1. The Bertz CT molecular complexity index is 719. The van der Waals surface area contributed by atoms with Gasteiger partial charge in [-0.05, 0) is 36.7 Å². The highest BCUT2D eigenvalue weighted by molar-refractivity contribution is 5.91. The van der Waals surface area contributed by atoms with E-state index in [1.807, 2.05) is 24.5 Å². The average Bonchev–Trinajstić information content (AvgIpc) is 3.04. The summed E-state index contributed by atoms with van der Waals surface area (Å²) in [4.78, 5) is 17.9. The Labute approximate surface area is 149 Å². The SMILES string of the molecule is CCC(CC)CN(C)CCn1cnc2cc(/C=C/C(=O)NO)ccc21. The fraction of sp³-hybridized carbons (Fsp3) is 0.474. The third-order valence-electron chi connectivity index (χ3n) is 4.63. The molecule has 2 N–H and O–H groups in total. The molecule has 1 amide bonds. The summed E-state index contributed by atoms with van der Waals surface area (Å²) in [6.45, 7) is 7.51. The van der Waals surface area contributed by atoms with Crippen molar-refractivity contribution in [3.05, 3.63) is 36.2 Å². The lowest BCUT2D eigenvalue weighted by atomic mass is 10.0. The topological polar surface area (TPSA) is 70.4 Å². The molecule has 2 rings (SSSR count). The monoisotopic (exact) mass is 344 g/mol. The van der Waals surface area contributed by atoms with E-state index in [0.717, 1.165) is 42.1 Å². The average molecular weight is 344 g/mol. The number of nitrogens with zero attached hydrogens (tertiary/aromatic N) is 3. The first-order chi connectivity index (χ1) is 12.1. The molecular formula is C19H28N4O2. The number of amides is 1. The van der Waals surface area contributed by atoms with Gasteiger partial charge in [-0.25, -0.2) is 10.5 Å². The van der Waals surface area contributed by atoms with Crippen LogP contribution in [0.4, 0.5) is 0 Å². The van der Waals surface area contributed by atoms with Crippen molar-refractivity contribution in [1.82, 2.24) is 19.9 Å². The highest BCUT2D eigenvalue weighted by Crippen LogP contribution is 2.16. The number of hydrogen-bond acceptors (Lipinski definition) is 4. The van der Waals surface area contributed by atoms with Crippen molar-refractivity contribution in [3.63, 3.8) is 0 Å². The van der Waals surface area contributed by atoms with Crippen LogP contribution in [0.5, 0.6) is 0 Å². The van der Waals surface area contributed by atoms with E-state index in [4.69, 9.17) is 5.21 Å². The summed E-state index contributed by atoms with van der Waals surface area (Å²) in [5, 5.41) is 8.51. The molecular weight excluding hydrogens is 316 g/mol. The number of fused-ring (bicyclic) bond motifs is 1. The lowest BCUT2D eigenvalue weighted by Crippen LogP contribution is -2.28. The summed E-state index contributed by atoms with van der Waals surface area (Å²) in [5.74, 6) is 0.209. The van der Waals surface area contributed by atoms with Gasteiger partial charge < -0.3 is 9.47 Å². The van der Waals surface area contributed by atoms with E-state index in [1.54, 1.807) is 11.6 Å². The number of hydrogen-bond donors (Lipinski definition) is 2. The van der Waals surface area contributed by atoms with Gasteiger partial charge in [0.15, 0.2) is 0 Å². The van der Waals surface area contributed by atoms with Crippen LogP contribution >= 0.6 is 0 Å². The van der Waals surface area contributed by atoms with E-state index in [9.17, 15) is 4.79 Å². The van der Waals surface area contributed by atoms with Gasteiger partial charge in [-0.2, -0.15) is 0 Å². The molecule has 1 aromatic carbocycles. The molecule has 0 atom stereocenters. The standard InChI is InChI=1S/C19H28N4O2/c1-4-15(5-2)13-22(3)10-11-23-14-20-17-12-16(6-8-18(17)23)7-9-19(24)21-25/h6-9,12,14-15,25H,4-5,10-11,13H2,1-3H3,(H,21,24)/b9-7+. The van der Waals surface area contributed by atoms with Crippen molar-refractivity contribution in [2.75, 3.05) is 20.1 Å². The van der Waals surface area contributed by atoms with Gasteiger partial charge >= 0.3 is 0 Å². The lowest BCUT2D eigenvalue weighted by molar-refractivity contribution is -0.124. The highest BCUT2D eigenvalue weighted by Gasteiger charge is 2.09. The first-order valence-corrected chi connectivity index (χ1v) is 8.82. The molecule has 0 aliphatic rings. The van der Waals surface area contributed by atoms with Crippen LogP contribution in [0.3, 0.4) is 0 Å². The summed E-state index contributed by atoms with van der Waals surface area (Å²) in [5.41, 5.74) is 4.42. The molecule has 0 aliphatic carbocycles. The quantitative estimate of drug-likeness (QED) is 0.417. The molecule has 1 heterocycles. The summed E-state index contributed by atoms with van der Waals surface area (Å²) in [7, 11) is 2.17. The molecule has 0 fully saturated rings. The maximum atomic E-state index is 11.0. The number of imidazole rings is 1. The van der Waals surface area contributed by atoms with Gasteiger partial charge in [0.1, 0.15) is 0 Å². The van der Waals surface area contributed by atoms with E-state index >= 15 is 0 Å². The maximum absolute atomic E-state index is 11.0. The fourth-order valence-corrected chi connectivity index (χ4v) is 2.93. The maximum Gasteiger partial charge on any atom is 0.267 e. The zero-order valence-corrected chi connectivity index (χ0v) is 15.3. The number of hydroxylamine groups is 1. The van der Waals surface area contributed by atoms with Crippen LogP contribution in [0.25, 0.3) is 17.1 Å². The molecule has 2 aromatic rings. The Kier molecular flexibility index (Phi) is 7.16. The lowest BCUT2D eigenvalue weighted by Gasteiger charge is -2.22. The van der Waals surface area contributed by atoms with Crippen molar-refractivity contribution in [2.45, 2.75) is 33.2 Å². The molecule has 6 nitrogen and oxygen atoms in total. The van der Waals surface area contributed by atoms with Crippen LogP contribution in [-0.4, -0.2) is 45.7 Å². The van der Waals surface area contributed by atoms with Crippen LogP contribution in [-0.2, 0) is 11.3 Å². The molecule has 0 bridgehead atoms. The third-order valence-corrected chi connectivity index (χ3v) is 4.63. The number of likely N-dealkylation sites (N-methyl/N-ethyl adjacent to an activating group) is 1. The van der Waals surface area contributed by atoms with Crippen molar-refractivity contribution >= 4 is 23.0 Å². The zero-order valence-electron chi connectivity index (χ0n) is 15.3. The minimum atomic E-state index is -0.550. The third kappa shape index (κ3) is 5.41. The second kappa shape index (κ2) is 9.34. The first kappa shape index (κ1) is 19.1. The molecule has 136 valence electrons. The van der Waals surface area contributed by atoms with Crippen molar-refractivity contribution in [3.8, 4) is 0 Å². The van der Waals surface area contributed by atoms with E-state index in [-0.39, 0.29) is 0 Å². The highest BCUT2D eigenvalue weighted by atomic mass is 16.5. The minimum absolute atomic E-state index is 0.550. The number of benzene rings is 1. The predicted octanol–water partition coefficient (Wildman–Crippen LogP) is 2.92. The molecule has 0 radical (unpaired) electrons. The zero-order chi connectivity index (χ0) is 18.2. The predicted molar refractivity (Wildman–Crippen MR) is 100 cm³/mol. The van der Waals surface area contributed by atoms with Gasteiger partial charge in [0.25, 0.3) is 5.91 Å². The molecule has 0 saturated carbocycles. The largest absolute Gasteiger partial charge is 0.329 e. The summed E-state index contributed by atoms with van der Waals surface area (Å²) >= 11 is 0. The smallest absolute Gasteiger partial charge is 0.267 e. The number of carbonyl (C=O) groups is 1. The van der Waals surface area contributed by atoms with Gasteiger partial charge in [-0.3, -0.25) is 10.0 Å². The number of carbonyl (C=O) groups excluding carboxylic acids is 1. The fourth-order valence-electron chi connectivity index (χ4n) is 2.93. The second-order valence-electron chi connectivity index (χ2n) is 6.44. The minimum Gasteiger partial charge on any atom is -0.329 e. The number of rotatable bonds is 9. The Hall–Kier alpha value is -2.18. The van der Waals surface area contributed by atoms with E-state index in [1.165, 1.54) is 18.9 Å². The Balaban J connectivity index is 2.01. The summed E-state index contributed by atoms with van der Waals surface area (Å²) in [6, 6.07) is 5.89.